The molecule has 0 saturated carbocycles. The van der Waals surface area contributed by atoms with Gasteiger partial charge in [0.05, 0.1) is 11.5 Å². The highest BCUT2D eigenvalue weighted by atomic mass is 32.2. The molecule has 0 aliphatic carbocycles. The fourth-order valence-corrected chi connectivity index (χ4v) is 3.39. The number of hydrogen-bond acceptors (Lipinski definition) is 4. The first-order chi connectivity index (χ1) is 11.1. The predicted octanol–water partition coefficient (Wildman–Crippen LogP) is 2.45. The van der Waals surface area contributed by atoms with Crippen LogP contribution in [0.25, 0.3) is 0 Å². The SMILES string of the molecule is CCCCCOc1ccc(S(=O)(=O)NCC2=CCNCC2)cc1. The maximum Gasteiger partial charge on any atom is 0.240 e. The zero-order valence-corrected chi connectivity index (χ0v) is 14.5. The highest BCUT2D eigenvalue weighted by Crippen LogP contribution is 2.16. The van der Waals surface area contributed by atoms with E-state index in [1.165, 1.54) is 0 Å². The van der Waals surface area contributed by atoms with Crippen molar-refractivity contribution >= 4 is 10.0 Å². The van der Waals surface area contributed by atoms with Gasteiger partial charge in [-0.05, 0) is 43.7 Å². The molecule has 23 heavy (non-hydrogen) atoms. The van der Waals surface area contributed by atoms with E-state index in [0.29, 0.717) is 18.9 Å². The Morgan fingerprint density at radius 1 is 1.22 bits per heavy atom. The Kier molecular flexibility index (Phi) is 7.08. The van der Waals surface area contributed by atoms with Crippen LogP contribution in [0, 0.1) is 0 Å². The summed E-state index contributed by atoms with van der Waals surface area (Å²) in [6, 6.07) is 6.61. The van der Waals surface area contributed by atoms with Gasteiger partial charge in [-0.3, -0.25) is 0 Å². The molecule has 0 spiro atoms. The molecule has 1 heterocycles. The minimum absolute atomic E-state index is 0.271. The van der Waals surface area contributed by atoms with Crippen molar-refractivity contribution in [2.45, 2.75) is 37.5 Å². The Morgan fingerprint density at radius 3 is 2.65 bits per heavy atom. The molecule has 1 aliphatic rings. The molecule has 1 aromatic carbocycles. The largest absolute Gasteiger partial charge is 0.494 e. The lowest BCUT2D eigenvalue weighted by Gasteiger charge is -2.15. The fourth-order valence-electron chi connectivity index (χ4n) is 2.36. The van der Waals surface area contributed by atoms with Crippen LogP contribution in [-0.2, 0) is 10.0 Å². The van der Waals surface area contributed by atoms with Gasteiger partial charge in [-0.15, -0.1) is 0 Å². The zero-order valence-electron chi connectivity index (χ0n) is 13.7. The molecule has 128 valence electrons. The number of hydrogen-bond donors (Lipinski definition) is 2. The van der Waals surface area contributed by atoms with E-state index in [9.17, 15) is 8.42 Å². The average Bonchev–Trinajstić information content (AvgIpc) is 2.58. The third-order valence-corrected chi connectivity index (χ3v) is 5.22. The third-order valence-electron chi connectivity index (χ3n) is 3.80. The van der Waals surface area contributed by atoms with Gasteiger partial charge in [0.15, 0.2) is 0 Å². The second-order valence-electron chi connectivity index (χ2n) is 5.67. The van der Waals surface area contributed by atoms with Crippen molar-refractivity contribution in [1.29, 1.82) is 0 Å². The molecule has 0 aromatic heterocycles. The highest BCUT2D eigenvalue weighted by molar-refractivity contribution is 7.89. The van der Waals surface area contributed by atoms with Crippen molar-refractivity contribution in [1.82, 2.24) is 10.0 Å². The molecule has 1 aromatic rings. The van der Waals surface area contributed by atoms with E-state index in [-0.39, 0.29) is 4.90 Å². The molecule has 1 aliphatic heterocycles. The fraction of sp³-hybridized carbons (Fsp3) is 0.529. The molecule has 2 N–H and O–H groups in total. The van der Waals surface area contributed by atoms with Crippen molar-refractivity contribution in [3.8, 4) is 5.75 Å². The van der Waals surface area contributed by atoms with Gasteiger partial charge in [0.1, 0.15) is 5.75 Å². The molecule has 6 heteroatoms. The van der Waals surface area contributed by atoms with Crippen molar-refractivity contribution in [2.24, 2.45) is 0 Å². The standard InChI is InChI=1S/C17H26N2O3S/c1-2-3-4-13-22-16-5-7-17(8-6-16)23(20,21)19-14-15-9-11-18-12-10-15/h5-9,18-19H,2-4,10-14H2,1H3. The first-order valence-corrected chi connectivity index (χ1v) is 9.71. The monoisotopic (exact) mass is 338 g/mol. The number of nitrogens with one attached hydrogen (secondary N) is 2. The van der Waals surface area contributed by atoms with E-state index in [1.54, 1.807) is 24.3 Å². The van der Waals surface area contributed by atoms with Crippen LogP contribution in [0.3, 0.4) is 0 Å². The van der Waals surface area contributed by atoms with Gasteiger partial charge >= 0.3 is 0 Å². The maximum atomic E-state index is 12.3. The van der Waals surface area contributed by atoms with Gasteiger partial charge in [-0.1, -0.05) is 31.4 Å². The summed E-state index contributed by atoms with van der Waals surface area (Å²) < 4.78 is 32.8. The third kappa shape index (κ3) is 5.97. The van der Waals surface area contributed by atoms with Gasteiger partial charge in [0.2, 0.25) is 10.0 Å². The molecular formula is C17H26N2O3S. The molecule has 0 amide bonds. The summed E-state index contributed by atoms with van der Waals surface area (Å²) in [6.07, 6.45) is 6.23. The molecule has 0 radical (unpaired) electrons. The lowest BCUT2D eigenvalue weighted by Crippen LogP contribution is -2.29. The first-order valence-electron chi connectivity index (χ1n) is 8.23. The van der Waals surface area contributed by atoms with E-state index in [1.807, 2.05) is 6.08 Å². The number of ether oxygens (including phenoxy) is 1. The quantitative estimate of drug-likeness (QED) is 0.536. The van der Waals surface area contributed by atoms with E-state index in [0.717, 1.165) is 44.3 Å². The summed E-state index contributed by atoms with van der Waals surface area (Å²) in [4.78, 5) is 0.271. The Labute approximate surface area is 139 Å². The van der Waals surface area contributed by atoms with Gasteiger partial charge in [0, 0.05) is 13.1 Å². The maximum absolute atomic E-state index is 12.3. The summed E-state index contributed by atoms with van der Waals surface area (Å²) in [7, 11) is -3.47. The van der Waals surface area contributed by atoms with Crippen LogP contribution in [-0.4, -0.2) is 34.7 Å². The van der Waals surface area contributed by atoms with Crippen molar-refractivity contribution in [3.63, 3.8) is 0 Å². The Hall–Kier alpha value is -1.37. The van der Waals surface area contributed by atoms with Crippen LogP contribution < -0.4 is 14.8 Å². The van der Waals surface area contributed by atoms with Gasteiger partial charge in [-0.2, -0.15) is 0 Å². The van der Waals surface area contributed by atoms with Gasteiger partial charge < -0.3 is 10.1 Å². The van der Waals surface area contributed by atoms with Crippen LogP contribution in [0.1, 0.15) is 32.6 Å². The normalized spacial score (nSPS) is 15.3. The summed E-state index contributed by atoms with van der Waals surface area (Å²) in [5.74, 6) is 0.709. The van der Waals surface area contributed by atoms with Crippen molar-refractivity contribution in [2.75, 3.05) is 26.2 Å². The molecule has 0 unspecified atom stereocenters. The van der Waals surface area contributed by atoms with Crippen LogP contribution in [0.4, 0.5) is 0 Å². The van der Waals surface area contributed by atoms with Crippen LogP contribution >= 0.6 is 0 Å². The number of sulfonamides is 1. The van der Waals surface area contributed by atoms with E-state index in [2.05, 4.69) is 17.0 Å². The average molecular weight is 338 g/mol. The highest BCUT2D eigenvalue weighted by Gasteiger charge is 2.14. The van der Waals surface area contributed by atoms with E-state index < -0.39 is 10.0 Å². The van der Waals surface area contributed by atoms with Crippen molar-refractivity contribution in [3.05, 3.63) is 35.9 Å². The Bertz CT molecular complexity index is 609. The lowest BCUT2D eigenvalue weighted by atomic mass is 10.1. The second kappa shape index (κ2) is 9.05. The summed E-state index contributed by atoms with van der Waals surface area (Å²) in [5.41, 5.74) is 1.13. The van der Waals surface area contributed by atoms with E-state index in [4.69, 9.17) is 4.74 Å². The molecule has 0 fully saturated rings. The topological polar surface area (TPSA) is 67.4 Å². The second-order valence-corrected chi connectivity index (χ2v) is 7.43. The molecule has 0 atom stereocenters. The molecular weight excluding hydrogens is 312 g/mol. The Morgan fingerprint density at radius 2 is 2.00 bits per heavy atom. The molecule has 0 saturated heterocycles. The van der Waals surface area contributed by atoms with Crippen LogP contribution in [0.5, 0.6) is 5.75 Å². The summed E-state index contributed by atoms with van der Waals surface area (Å²) >= 11 is 0. The Balaban J connectivity index is 1.87. The first kappa shape index (κ1) is 18.0. The minimum Gasteiger partial charge on any atom is -0.494 e. The molecule has 5 nitrogen and oxygen atoms in total. The number of rotatable bonds is 9. The van der Waals surface area contributed by atoms with Crippen molar-refractivity contribution < 1.29 is 13.2 Å². The number of benzene rings is 1. The smallest absolute Gasteiger partial charge is 0.240 e. The molecule has 2 rings (SSSR count). The summed E-state index contributed by atoms with van der Waals surface area (Å²) in [5, 5.41) is 3.21. The predicted molar refractivity (Wildman–Crippen MR) is 92.2 cm³/mol. The van der Waals surface area contributed by atoms with Gasteiger partial charge in [0.25, 0.3) is 0 Å². The van der Waals surface area contributed by atoms with Gasteiger partial charge in [-0.25, -0.2) is 13.1 Å². The molecule has 0 bridgehead atoms. The van der Waals surface area contributed by atoms with E-state index >= 15 is 0 Å². The van der Waals surface area contributed by atoms with Crippen LogP contribution in [0.15, 0.2) is 40.8 Å². The minimum atomic E-state index is -3.47. The lowest BCUT2D eigenvalue weighted by molar-refractivity contribution is 0.306. The summed E-state index contributed by atoms with van der Waals surface area (Å²) in [6.45, 7) is 4.89. The van der Waals surface area contributed by atoms with Crippen LogP contribution in [0.2, 0.25) is 0 Å². The zero-order chi connectivity index (χ0) is 16.5. The number of unbranched alkanes of at least 4 members (excludes halogenated alkanes) is 2.